The number of nitrogens with one attached hydrogen (secondary N) is 1. The number of rotatable bonds is 4. The quantitative estimate of drug-likeness (QED) is 0.944. The van der Waals surface area contributed by atoms with Gasteiger partial charge in [0.05, 0.1) is 4.90 Å². The SMILES string of the molecule is CCc1ccc(S(=O)(=O)NC2Cc3ccccc3C2)cc1. The van der Waals surface area contributed by atoms with Crippen molar-refractivity contribution in [2.45, 2.75) is 37.1 Å². The molecular weight excluding hydrogens is 282 g/mol. The third-order valence-corrected chi connectivity index (χ3v) is 5.55. The minimum absolute atomic E-state index is 0.0433. The molecule has 110 valence electrons. The number of aryl methyl sites for hydroxylation is 1. The fourth-order valence-corrected chi connectivity index (χ4v) is 4.07. The molecular formula is C17H19NO2S. The van der Waals surface area contributed by atoms with E-state index in [1.807, 2.05) is 24.3 Å². The Hall–Kier alpha value is -1.65. The second-order valence-corrected chi connectivity index (χ2v) is 7.21. The molecule has 0 aliphatic heterocycles. The smallest absolute Gasteiger partial charge is 0.207 e. The molecule has 4 heteroatoms. The highest BCUT2D eigenvalue weighted by Crippen LogP contribution is 2.23. The van der Waals surface area contributed by atoms with Crippen molar-refractivity contribution in [3.8, 4) is 0 Å². The summed E-state index contributed by atoms with van der Waals surface area (Å²) in [5, 5.41) is 0. The maximum Gasteiger partial charge on any atom is 0.240 e. The molecule has 1 aliphatic carbocycles. The molecule has 0 amide bonds. The van der Waals surface area contributed by atoms with Gasteiger partial charge in [0.25, 0.3) is 0 Å². The van der Waals surface area contributed by atoms with Gasteiger partial charge in [0.2, 0.25) is 10.0 Å². The van der Waals surface area contributed by atoms with Gasteiger partial charge in [-0.3, -0.25) is 0 Å². The Morgan fingerprint density at radius 2 is 1.57 bits per heavy atom. The predicted octanol–water partition coefficient (Wildman–Crippen LogP) is 2.69. The second kappa shape index (κ2) is 5.62. The lowest BCUT2D eigenvalue weighted by Crippen LogP contribution is -2.35. The highest BCUT2D eigenvalue weighted by Gasteiger charge is 2.26. The van der Waals surface area contributed by atoms with Crippen LogP contribution in [0.3, 0.4) is 0 Å². The topological polar surface area (TPSA) is 46.2 Å². The van der Waals surface area contributed by atoms with Crippen LogP contribution < -0.4 is 4.72 Å². The first-order valence-corrected chi connectivity index (χ1v) is 8.75. The molecule has 0 fully saturated rings. The third kappa shape index (κ3) is 3.01. The van der Waals surface area contributed by atoms with Gasteiger partial charge in [-0.05, 0) is 48.1 Å². The van der Waals surface area contributed by atoms with Crippen LogP contribution in [0.1, 0.15) is 23.6 Å². The number of sulfonamides is 1. The molecule has 21 heavy (non-hydrogen) atoms. The van der Waals surface area contributed by atoms with Gasteiger partial charge < -0.3 is 0 Å². The fraction of sp³-hybridized carbons (Fsp3) is 0.294. The summed E-state index contributed by atoms with van der Waals surface area (Å²) in [6.07, 6.45) is 2.44. The lowest BCUT2D eigenvalue weighted by Gasteiger charge is -2.13. The van der Waals surface area contributed by atoms with Crippen LogP contribution in [-0.2, 0) is 29.3 Å². The van der Waals surface area contributed by atoms with E-state index in [-0.39, 0.29) is 6.04 Å². The first kappa shape index (κ1) is 14.3. The number of hydrogen-bond acceptors (Lipinski definition) is 2. The van der Waals surface area contributed by atoms with Crippen molar-refractivity contribution >= 4 is 10.0 Å². The van der Waals surface area contributed by atoms with E-state index in [1.165, 1.54) is 11.1 Å². The molecule has 0 unspecified atom stereocenters. The van der Waals surface area contributed by atoms with Crippen LogP contribution in [0.2, 0.25) is 0 Å². The van der Waals surface area contributed by atoms with Crippen molar-refractivity contribution in [3.05, 3.63) is 65.2 Å². The molecule has 0 atom stereocenters. The largest absolute Gasteiger partial charge is 0.240 e. The summed E-state index contributed by atoms with van der Waals surface area (Å²) in [5.74, 6) is 0. The van der Waals surface area contributed by atoms with E-state index in [0.717, 1.165) is 24.8 Å². The van der Waals surface area contributed by atoms with Crippen molar-refractivity contribution in [1.29, 1.82) is 0 Å². The zero-order valence-electron chi connectivity index (χ0n) is 12.0. The zero-order valence-corrected chi connectivity index (χ0v) is 12.9. The van der Waals surface area contributed by atoms with E-state index < -0.39 is 10.0 Å². The molecule has 0 aromatic heterocycles. The standard InChI is InChI=1S/C17H19NO2S/c1-2-13-7-9-17(10-8-13)21(19,20)18-16-11-14-5-3-4-6-15(14)12-16/h3-10,16,18H,2,11-12H2,1H3. The highest BCUT2D eigenvalue weighted by atomic mass is 32.2. The van der Waals surface area contributed by atoms with Gasteiger partial charge >= 0.3 is 0 Å². The number of fused-ring (bicyclic) bond motifs is 1. The Morgan fingerprint density at radius 1 is 1.00 bits per heavy atom. The Labute approximate surface area is 126 Å². The number of benzene rings is 2. The van der Waals surface area contributed by atoms with E-state index in [0.29, 0.717) is 4.90 Å². The Morgan fingerprint density at radius 3 is 2.10 bits per heavy atom. The molecule has 1 aliphatic rings. The van der Waals surface area contributed by atoms with Crippen molar-refractivity contribution in [1.82, 2.24) is 4.72 Å². The molecule has 0 spiro atoms. The zero-order chi connectivity index (χ0) is 14.9. The average Bonchev–Trinajstić information content (AvgIpc) is 2.88. The number of hydrogen-bond donors (Lipinski definition) is 1. The van der Waals surface area contributed by atoms with Crippen molar-refractivity contribution in [3.63, 3.8) is 0 Å². The van der Waals surface area contributed by atoms with E-state index >= 15 is 0 Å². The van der Waals surface area contributed by atoms with E-state index in [9.17, 15) is 8.42 Å². The fourth-order valence-electron chi connectivity index (χ4n) is 2.83. The predicted molar refractivity (Wildman–Crippen MR) is 83.8 cm³/mol. The normalized spacial score (nSPS) is 15.1. The van der Waals surface area contributed by atoms with Gasteiger partial charge in [-0.15, -0.1) is 0 Å². The monoisotopic (exact) mass is 301 g/mol. The molecule has 0 bridgehead atoms. The lowest BCUT2D eigenvalue weighted by molar-refractivity contribution is 0.555. The third-order valence-electron chi connectivity index (χ3n) is 4.01. The van der Waals surface area contributed by atoms with Crippen LogP contribution in [0, 0.1) is 0 Å². The first-order chi connectivity index (χ1) is 10.1. The molecule has 1 N–H and O–H groups in total. The second-order valence-electron chi connectivity index (χ2n) is 5.49. The van der Waals surface area contributed by atoms with Gasteiger partial charge in [-0.25, -0.2) is 13.1 Å². The average molecular weight is 301 g/mol. The van der Waals surface area contributed by atoms with Crippen LogP contribution in [0.4, 0.5) is 0 Å². The van der Waals surface area contributed by atoms with Gasteiger partial charge in [-0.1, -0.05) is 43.3 Å². The molecule has 0 heterocycles. The van der Waals surface area contributed by atoms with Crippen molar-refractivity contribution in [2.24, 2.45) is 0 Å². The summed E-state index contributed by atoms with van der Waals surface area (Å²) in [7, 11) is -3.44. The Balaban J connectivity index is 1.75. The minimum atomic E-state index is -3.44. The highest BCUT2D eigenvalue weighted by molar-refractivity contribution is 7.89. The summed E-state index contributed by atoms with van der Waals surface area (Å²) in [4.78, 5) is 0.343. The molecule has 0 saturated carbocycles. The Kier molecular flexibility index (Phi) is 3.83. The minimum Gasteiger partial charge on any atom is -0.207 e. The summed E-state index contributed by atoms with van der Waals surface area (Å²) < 4.78 is 27.7. The maximum atomic E-state index is 12.4. The van der Waals surface area contributed by atoms with E-state index in [2.05, 4.69) is 23.8 Å². The van der Waals surface area contributed by atoms with Crippen LogP contribution in [0.5, 0.6) is 0 Å². The summed E-state index contributed by atoms with van der Waals surface area (Å²) in [6, 6.07) is 15.2. The van der Waals surface area contributed by atoms with Gasteiger partial charge in [-0.2, -0.15) is 0 Å². The molecule has 0 saturated heterocycles. The van der Waals surface area contributed by atoms with Crippen LogP contribution in [0.25, 0.3) is 0 Å². The van der Waals surface area contributed by atoms with Crippen LogP contribution >= 0.6 is 0 Å². The van der Waals surface area contributed by atoms with Crippen LogP contribution in [-0.4, -0.2) is 14.5 Å². The van der Waals surface area contributed by atoms with Crippen LogP contribution in [0.15, 0.2) is 53.4 Å². The Bertz CT molecular complexity index is 711. The maximum absolute atomic E-state index is 12.4. The van der Waals surface area contributed by atoms with Gasteiger partial charge in [0.15, 0.2) is 0 Å². The van der Waals surface area contributed by atoms with E-state index in [1.54, 1.807) is 12.1 Å². The van der Waals surface area contributed by atoms with E-state index in [4.69, 9.17) is 0 Å². The van der Waals surface area contributed by atoms with Crippen molar-refractivity contribution < 1.29 is 8.42 Å². The van der Waals surface area contributed by atoms with Gasteiger partial charge in [0, 0.05) is 6.04 Å². The first-order valence-electron chi connectivity index (χ1n) is 7.26. The van der Waals surface area contributed by atoms with Crippen molar-refractivity contribution in [2.75, 3.05) is 0 Å². The molecule has 2 aromatic carbocycles. The summed E-state index contributed by atoms with van der Waals surface area (Å²) >= 11 is 0. The summed E-state index contributed by atoms with van der Waals surface area (Å²) in [5.41, 5.74) is 3.63. The molecule has 2 aromatic rings. The van der Waals surface area contributed by atoms with Gasteiger partial charge in [0.1, 0.15) is 0 Å². The lowest BCUT2D eigenvalue weighted by atomic mass is 10.1. The molecule has 3 nitrogen and oxygen atoms in total. The molecule has 0 radical (unpaired) electrons. The molecule has 3 rings (SSSR count). The summed E-state index contributed by atoms with van der Waals surface area (Å²) in [6.45, 7) is 2.05.